The maximum Gasteiger partial charge on any atom is -0.0771 e. The summed E-state index contributed by atoms with van der Waals surface area (Å²) in [6, 6.07) is 40.4. The van der Waals surface area contributed by atoms with Gasteiger partial charge in [0.05, 0.1) is 0 Å². The van der Waals surface area contributed by atoms with E-state index in [4.69, 9.17) is 0 Å². The molecule has 0 fully saturated rings. The van der Waals surface area contributed by atoms with Crippen LogP contribution in [0, 0.1) is 6.08 Å². The van der Waals surface area contributed by atoms with Crippen LogP contribution >= 0.6 is 0 Å². The summed E-state index contributed by atoms with van der Waals surface area (Å²) in [7, 11) is -2.15. The largest absolute Gasteiger partial charge is 0.126 e. The van der Waals surface area contributed by atoms with Crippen LogP contribution in [0.25, 0.3) is 21.5 Å². The number of halogens is 2. The topological polar surface area (TPSA) is 0 Å². The molecule has 216 valence electrons. The first-order valence-electron chi connectivity index (χ1n) is 14.1. The fourth-order valence-electron chi connectivity index (χ4n) is 4.71. The Hall–Kier alpha value is -2.00. The standard InChI is InChI=1S/C13H9.C13H10.C11H21Si2.2ClH.Zr/c1-3-7-12-10(5-1)9-11-6-2-4-8-13(11)12;1-3-7-12(8-4-1)11-13-9-5-2-6-10-13;1-12(2,3)10-7-8-11(9-10)13(4,5)6;;;/h1-9H;1-10H;7-8,10H,1-6H3;2*1H;/q-1;;-1;;;+2/p-2. The Morgan fingerprint density at radius 3 is 1.38 bits per heavy atom. The number of hydrogen-bond donors (Lipinski definition) is 0. The second-order valence-corrected chi connectivity index (χ2v) is 24.1. The van der Waals surface area contributed by atoms with Crippen molar-refractivity contribution in [2.24, 2.45) is 0 Å². The SMILES string of the molecule is C[Si](C)(C)C1=[C-]C([Si](C)(C)C)C=C1.[Cl-].[Cl-].[Zr+2]=[C](c1ccccc1)c1ccccc1.c1ccc2c(c1)[cH-]c1ccccc12. The third kappa shape index (κ3) is 9.76. The van der Waals surface area contributed by atoms with Gasteiger partial charge in [0.2, 0.25) is 0 Å². The van der Waals surface area contributed by atoms with Crippen molar-refractivity contribution in [3.8, 4) is 0 Å². The molecule has 5 aromatic rings. The molecule has 0 N–H and O–H groups in total. The molecular weight excluding hydrogens is 663 g/mol. The quantitative estimate of drug-likeness (QED) is 0.193. The Bertz CT molecular complexity index is 1530. The zero-order valence-corrected chi connectivity index (χ0v) is 31.4. The van der Waals surface area contributed by atoms with Gasteiger partial charge in [-0.3, -0.25) is 6.08 Å². The van der Waals surface area contributed by atoms with E-state index in [0.29, 0.717) is 5.54 Å². The third-order valence-electron chi connectivity index (χ3n) is 7.16. The number of fused-ring (bicyclic) bond motifs is 3. The van der Waals surface area contributed by atoms with Crippen LogP contribution in [0.2, 0.25) is 44.8 Å². The van der Waals surface area contributed by atoms with Gasteiger partial charge < -0.3 is 24.8 Å². The van der Waals surface area contributed by atoms with Crippen LogP contribution < -0.4 is 24.8 Å². The zero-order valence-electron chi connectivity index (χ0n) is 25.5. The van der Waals surface area contributed by atoms with Gasteiger partial charge in [-0.15, -0.1) is 45.3 Å². The summed E-state index contributed by atoms with van der Waals surface area (Å²) < 4.78 is 1.42. The van der Waals surface area contributed by atoms with Gasteiger partial charge in [-0.05, 0) is 0 Å². The van der Waals surface area contributed by atoms with E-state index >= 15 is 0 Å². The van der Waals surface area contributed by atoms with Gasteiger partial charge in [0.25, 0.3) is 0 Å². The van der Waals surface area contributed by atoms with Gasteiger partial charge >= 0.3 is 99.2 Å². The van der Waals surface area contributed by atoms with Crippen LogP contribution in [0.1, 0.15) is 11.1 Å². The molecule has 0 amide bonds. The summed E-state index contributed by atoms with van der Waals surface area (Å²) in [5, 5.41) is 6.92. The minimum atomic E-state index is -1.10. The number of benzene rings is 4. The molecule has 6 rings (SSSR count). The zero-order chi connectivity index (χ0) is 28.8. The molecule has 0 spiro atoms. The molecule has 0 saturated heterocycles. The predicted octanol–water partition coefficient (Wildman–Crippen LogP) is 4.39. The van der Waals surface area contributed by atoms with Crippen molar-refractivity contribution in [3.63, 3.8) is 0 Å². The van der Waals surface area contributed by atoms with Gasteiger partial charge in [-0.1, -0.05) is 75.7 Å². The van der Waals surface area contributed by atoms with Gasteiger partial charge in [-0.2, -0.15) is 6.08 Å². The summed E-state index contributed by atoms with van der Waals surface area (Å²) in [5.74, 6) is 0. The van der Waals surface area contributed by atoms with E-state index in [-0.39, 0.29) is 24.8 Å². The Labute approximate surface area is 282 Å². The molecule has 42 heavy (non-hydrogen) atoms. The molecule has 1 atom stereocenters. The molecule has 0 aromatic heterocycles. The molecule has 0 saturated carbocycles. The van der Waals surface area contributed by atoms with Crippen LogP contribution in [-0.2, 0) is 24.2 Å². The van der Waals surface area contributed by atoms with Gasteiger partial charge in [0.15, 0.2) is 0 Å². The summed E-state index contributed by atoms with van der Waals surface area (Å²) in [6.07, 6.45) is 8.40. The minimum Gasteiger partial charge on any atom is -0.126 e. The predicted molar refractivity (Wildman–Crippen MR) is 179 cm³/mol. The third-order valence-corrected chi connectivity index (χ3v) is 12.7. The first-order chi connectivity index (χ1) is 19.0. The van der Waals surface area contributed by atoms with Crippen molar-refractivity contribution < 1.29 is 49.0 Å². The fraction of sp³-hybridized carbons (Fsp3) is 0.189. The average molecular weight is 703 g/mol. The van der Waals surface area contributed by atoms with Crippen LogP contribution in [0.3, 0.4) is 0 Å². The van der Waals surface area contributed by atoms with Gasteiger partial charge in [-0.25, -0.2) is 11.3 Å². The van der Waals surface area contributed by atoms with Crippen molar-refractivity contribution in [2.45, 2.75) is 44.8 Å². The Morgan fingerprint density at radius 2 is 1.02 bits per heavy atom. The summed E-state index contributed by atoms with van der Waals surface area (Å²) in [6.45, 7) is 14.4. The molecule has 0 radical (unpaired) electrons. The maximum absolute atomic E-state index is 3.70. The molecule has 5 heteroatoms. The van der Waals surface area contributed by atoms with Crippen LogP contribution in [0.15, 0.2) is 133 Å². The molecule has 0 nitrogen and oxygen atoms in total. The van der Waals surface area contributed by atoms with Crippen molar-refractivity contribution in [3.05, 3.63) is 150 Å². The minimum absolute atomic E-state index is 0. The Kier molecular flexibility index (Phi) is 13.9. The van der Waals surface area contributed by atoms with E-state index in [1.54, 1.807) is 0 Å². The van der Waals surface area contributed by atoms with Crippen LogP contribution in [0.4, 0.5) is 0 Å². The van der Waals surface area contributed by atoms with Crippen LogP contribution in [0.5, 0.6) is 0 Å². The fourth-order valence-corrected chi connectivity index (χ4v) is 8.12. The molecule has 0 aliphatic heterocycles. The van der Waals surface area contributed by atoms with E-state index in [1.165, 1.54) is 65.3 Å². The molecule has 0 bridgehead atoms. The maximum atomic E-state index is 3.70. The van der Waals surface area contributed by atoms with E-state index in [0.717, 1.165) is 0 Å². The number of hydrogen-bond acceptors (Lipinski definition) is 0. The van der Waals surface area contributed by atoms with Gasteiger partial charge in [0.1, 0.15) is 0 Å². The van der Waals surface area contributed by atoms with E-state index < -0.39 is 16.1 Å². The van der Waals surface area contributed by atoms with Crippen molar-refractivity contribution >= 4 is 40.9 Å². The smallest absolute Gasteiger partial charge is 0.0771 e. The van der Waals surface area contributed by atoms with Crippen LogP contribution in [-0.4, -0.2) is 19.4 Å². The normalized spacial score (nSPS) is 14.0. The van der Waals surface area contributed by atoms with E-state index in [1.807, 2.05) is 0 Å². The Morgan fingerprint density at radius 1 is 0.619 bits per heavy atom. The molecule has 5 aromatic carbocycles. The average Bonchev–Trinajstić information content (AvgIpc) is 3.61. The summed E-state index contributed by atoms with van der Waals surface area (Å²) >= 11 is 1.46. The molecule has 1 aliphatic rings. The van der Waals surface area contributed by atoms with Crippen molar-refractivity contribution in [1.29, 1.82) is 0 Å². The molecule has 1 unspecified atom stereocenters. The number of allylic oxidation sites excluding steroid dienone is 4. The summed E-state index contributed by atoms with van der Waals surface area (Å²) in [5.41, 5.74) is 3.32. The first-order valence-corrected chi connectivity index (χ1v) is 22.4. The molecular formula is C37H40Cl2Si2Zr-2. The second kappa shape index (κ2) is 16.2. The van der Waals surface area contributed by atoms with Crippen molar-refractivity contribution in [1.82, 2.24) is 0 Å². The van der Waals surface area contributed by atoms with E-state index in [9.17, 15) is 0 Å². The second-order valence-electron chi connectivity index (χ2n) is 12.4. The monoisotopic (exact) mass is 700 g/mol. The molecule has 0 heterocycles. The van der Waals surface area contributed by atoms with Gasteiger partial charge in [0, 0.05) is 16.1 Å². The summed E-state index contributed by atoms with van der Waals surface area (Å²) in [4.78, 5) is 0. The molecule has 1 aliphatic carbocycles. The first kappa shape index (κ1) is 36.2. The Balaban J connectivity index is 0.000000215. The van der Waals surface area contributed by atoms with E-state index in [2.05, 4.69) is 173 Å². The van der Waals surface area contributed by atoms with Crippen molar-refractivity contribution in [2.75, 3.05) is 0 Å². The number of rotatable bonds is 4.